The second-order valence-electron chi connectivity index (χ2n) is 4.85. The first kappa shape index (κ1) is 9.59. The molecule has 1 spiro atoms. The summed E-state index contributed by atoms with van der Waals surface area (Å²) in [5.41, 5.74) is 2.70. The van der Waals surface area contributed by atoms with E-state index >= 15 is 0 Å². The first-order valence-corrected chi connectivity index (χ1v) is 6.63. The SMILES string of the molecule is Cc1ccc2c(c1)NCC1(CCCC1)S2. The highest BCUT2D eigenvalue weighted by atomic mass is 32.2. The number of hydrogen-bond acceptors (Lipinski definition) is 2. The molecule has 0 aromatic heterocycles. The summed E-state index contributed by atoms with van der Waals surface area (Å²) in [5.74, 6) is 0. The molecule has 1 aromatic carbocycles. The van der Waals surface area contributed by atoms with Gasteiger partial charge in [-0.2, -0.15) is 0 Å². The van der Waals surface area contributed by atoms with Crippen molar-refractivity contribution in [3.05, 3.63) is 23.8 Å². The average Bonchev–Trinajstić information content (AvgIpc) is 2.67. The van der Waals surface area contributed by atoms with Gasteiger partial charge in [-0.05, 0) is 37.5 Å². The van der Waals surface area contributed by atoms with Crippen LogP contribution in [0.1, 0.15) is 31.2 Å². The third-order valence-corrected chi connectivity index (χ3v) is 5.14. The molecule has 1 heterocycles. The van der Waals surface area contributed by atoms with Crippen molar-refractivity contribution >= 4 is 17.4 Å². The molecule has 1 nitrogen and oxygen atoms in total. The molecule has 0 bridgehead atoms. The van der Waals surface area contributed by atoms with E-state index in [1.54, 1.807) is 0 Å². The van der Waals surface area contributed by atoms with E-state index < -0.39 is 0 Å². The number of benzene rings is 1. The van der Waals surface area contributed by atoms with E-state index in [0.717, 1.165) is 6.54 Å². The monoisotopic (exact) mass is 219 g/mol. The quantitative estimate of drug-likeness (QED) is 0.712. The van der Waals surface area contributed by atoms with Gasteiger partial charge < -0.3 is 5.32 Å². The molecule has 3 rings (SSSR count). The van der Waals surface area contributed by atoms with Crippen molar-refractivity contribution in [1.82, 2.24) is 0 Å². The summed E-state index contributed by atoms with van der Waals surface area (Å²) in [5, 5.41) is 3.62. The van der Waals surface area contributed by atoms with Crippen molar-refractivity contribution in [2.75, 3.05) is 11.9 Å². The lowest BCUT2D eigenvalue weighted by molar-refractivity contribution is 0.631. The van der Waals surface area contributed by atoms with Crippen molar-refractivity contribution < 1.29 is 0 Å². The molecule has 0 amide bonds. The summed E-state index contributed by atoms with van der Waals surface area (Å²) >= 11 is 2.11. The van der Waals surface area contributed by atoms with Gasteiger partial charge in [-0.3, -0.25) is 0 Å². The maximum Gasteiger partial charge on any atom is 0.0481 e. The highest BCUT2D eigenvalue weighted by molar-refractivity contribution is 8.01. The van der Waals surface area contributed by atoms with Crippen molar-refractivity contribution in [3.63, 3.8) is 0 Å². The Hall–Kier alpha value is -0.630. The van der Waals surface area contributed by atoms with Gasteiger partial charge in [-0.1, -0.05) is 18.9 Å². The number of fused-ring (bicyclic) bond motifs is 1. The lowest BCUT2D eigenvalue weighted by Crippen LogP contribution is -2.33. The van der Waals surface area contributed by atoms with Crippen LogP contribution >= 0.6 is 11.8 Å². The molecule has 0 saturated heterocycles. The molecule has 1 N–H and O–H groups in total. The summed E-state index contributed by atoms with van der Waals surface area (Å²) in [6.07, 6.45) is 5.60. The molecular formula is C13H17NS. The Morgan fingerprint density at radius 2 is 2.07 bits per heavy atom. The summed E-state index contributed by atoms with van der Waals surface area (Å²) in [7, 11) is 0. The molecule has 2 heteroatoms. The molecule has 2 aliphatic rings. The molecule has 1 saturated carbocycles. The van der Waals surface area contributed by atoms with Gasteiger partial charge in [0.1, 0.15) is 0 Å². The third kappa shape index (κ3) is 1.65. The van der Waals surface area contributed by atoms with E-state index in [0.29, 0.717) is 4.75 Å². The number of aryl methyl sites for hydroxylation is 1. The molecule has 0 atom stereocenters. The summed E-state index contributed by atoms with van der Waals surface area (Å²) < 4.78 is 0.516. The van der Waals surface area contributed by atoms with E-state index in [1.807, 2.05) is 0 Å². The Kier molecular flexibility index (Phi) is 2.20. The predicted octanol–water partition coefficient (Wildman–Crippen LogP) is 3.83. The second-order valence-corrected chi connectivity index (χ2v) is 6.36. The van der Waals surface area contributed by atoms with Gasteiger partial charge in [0.2, 0.25) is 0 Å². The molecule has 0 radical (unpaired) electrons. The highest BCUT2D eigenvalue weighted by Crippen LogP contribution is 2.50. The zero-order chi connectivity index (χ0) is 10.3. The summed E-state index contributed by atoms with van der Waals surface area (Å²) in [4.78, 5) is 1.45. The molecule has 1 fully saturated rings. The topological polar surface area (TPSA) is 12.0 Å². The minimum Gasteiger partial charge on any atom is -0.383 e. The normalized spacial score (nSPS) is 22.5. The number of thioether (sulfide) groups is 1. The number of nitrogens with one attached hydrogen (secondary N) is 1. The van der Waals surface area contributed by atoms with Crippen molar-refractivity contribution in [3.8, 4) is 0 Å². The van der Waals surface area contributed by atoms with Gasteiger partial charge in [0.15, 0.2) is 0 Å². The minimum atomic E-state index is 0.516. The Balaban J connectivity index is 1.93. The maximum absolute atomic E-state index is 3.62. The van der Waals surface area contributed by atoms with Gasteiger partial charge in [-0.15, -0.1) is 11.8 Å². The fraction of sp³-hybridized carbons (Fsp3) is 0.538. The molecule has 1 aliphatic carbocycles. The molecule has 1 aliphatic heterocycles. The van der Waals surface area contributed by atoms with Crippen LogP contribution in [0.3, 0.4) is 0 Å². The van der Waals surface area contributed by atoms with Crippen LogP contribution < -0.4 is 5.32 Å². The van der Waals surface area contributed by atoms with E-state index in [9.17, 15) is 0 Å². The fourth-order valence-electron chi connectivity index (χ4n) is 2.69. The molecular weight excluding hydrogens is 202 g/mol. The fourth-order valence-corrected chi connectivity index (χ4v) is 4.18. The number of hydrogen-bond donors (Lipinski definition) is 1. The van der Waals surface area contributed by atoms with Crippen LogP contribution in [0.5, 0.6) is 0 Å². The Bertz CT molecular complexity index is 380. The number of anilines is 1. The van der Waals surface area contributed by atoms with Gasteiger partial charge in [0.05, 0.1) is 0 Å². The summed E-state index contributed by atoms with van der Waals surface area (Å²) in [6.45, 7) is 3.32. The molecule has 0 unspecified atom stereocenters. The van der Waals surface area contributed by atoms with Crippen LogP contribution in [-0.2, 0) is 0 Å². The summed E-state index contributed by atoms with van der Waals surface area (Å²) in [6, 6.07) is 6.77. The van der Waals surface area contributed by atoms with Crippen molar-refractivity contribution in [2.24, 2.45) is 0 Å². The highest BCUT2D eigenvalue weighted by Gasteiger charge is 2.37. The van der Waals surface area contributed by atoms with Crippen molar-refractivity contribution in [1.29, 1.82) is 0 Å². The Morgan fingerprint density at radius 3 is 2.87 bits per heavy atom. The predicted molar refractivity (Wildman–Crippen MR) is 66.7 cm³/mol. The molecule has 80 valence electrons. The third-order valence-electron chi connectivity index (χ3n) is 3.58. The molecule has 1 aromatic rings. The standard InChI is InChI=1S/C13H17NS/c1-10-4-5-12-11(8-10)14-9-13(15-12)6-2-3-7-13/h4-5,8,14H,2-3,6-7,9H2,1H3. The van der Waals surface area contributed by atoms with Crippen LogP contribution in [-0.4, -0.2) is 11.3 Å². The second kappa shape index (κ2) is 3.44. The van der Waals surface area contributed by atoms with Crippen LogP contribution in [0.15, 0.2) is 23.1 Å². The lowest BCUT2D eigenvalue weighted by Gasteiger charge is -2.35. The average molecular weight is 219 g/mol. The van der Waals surface area contributed by atoms with Crippen LogP contribution in [0.4, 0.5) is 5.69 Å². The van der Waals surface area contributed by atoms with E-state index in [1.165, 1.54) is 41.8 Å². The van der Waals surface area contributed by atoms with E-state index in [4.69, 9.17) is 0 Å². The first-order valence-electron chi connectivity index (χ1n) is 5.81. The molecule has 15 heavy (non-hydrogen) atoms. The van der Waals surface area contributed by atoms with Gasteiger partial charge in [0.25, 0.3) is 0 Å². The first-order chi connectivity index (χ1) is 7.27. The van der Waals surface area contributed by atoms with Crippen LogP contribution in [0.2, 0.25) is 0 Å². The maximum atomic E-state index is 3.62. The number of rotatable bonds is 0. The van der Waals surface area contributed by atoms with E-state index in [-0.39, 0.29) is 0 Å². The Labute approximate surface area is 95.6 Å². The van der Waals surface area contributed by atoms with E-state index in [2.05, 4.69) is 42.2 Å². The van der Waals surface area contributed by atoms with Crippen LogP contribution in [0, 0.1) is 6.92 Å². The van der Waals surface area contributed by atoms with Crippen molar-refractivity contribution in [2.45, 2.75) is 42.2 Å². The smallest absolute Gasteiger partial charge is 0.0481 e. The Morgan fingerprint density at radius 1 is 1.27 bits per heavy atom. The largest absolute Gasteiger partial charge is 0.383 e. The van der Waals surface area contributed by atoms with Crippen LogP contribution in [0.25, 0.3) is 0 Å². The zero-order valence-electron chi connectivity index (χ0n) is 9.18. The lowest BCUT2D eigenvalue weighted by atomic mass is 10.1. The zero-order valence-corrected chi connectivity index (χ0v) is 9.99. The van der Waals surface area contributed by atoms with Gasteiger partial charge in [-0.25, -0.2) is 0 Å². The van der Waals surface area contributed by atoms with Gasteiger partial charge in [0, 0.05) is 21.9 Å². The van der Waals surface area contributed by atoms with Gasteiger partial charge >= 0.3 is 0 Å². The minimum absolute atomic E-state index is 0.516.